The van der Waals surface area contributed by atoms with Gasteiger partial charge in [-0.05, 0) is 37.3 Å². The molecule has 130 valence electrons. The number of H-pyrrole nitrogens is 1. The Hall–Kier alpha value is -3.02. The second-order valence-electron chi connectivity index (χ2n) is 5.69. The van der Waals surface area contributed by atoms with Gasteiger partial charge in [-0.2, -0.15) is 0 Å². The van der Waals surface area contributed by atoms with E-state index in [1.165, 1.54) is 12.1 Å². The van der Waals surface area contributed by atoms with Gasteiger partial charge in [0.15, 0.2) is 0 Å². The van der Waals surface area contributed by atoms with Gasteiger partial charge in [0.05, 0.1) is 20.3 Å². The Labute approximate surface area is 144 Å². The first-order chi connectivity index (χ1) is 12.0. The number of aromatic nitrogens is 1. The van der Waals surface area contributed by atoms with Crippen molar-refractivity contribution < 1.29 is 18.7 Å². The normalized spacial score (nSPS) is 12.0. The van der Waals surface area contributed by atoms with E-state index >= 15 is 0 Å². The first-order valence-electron chi connectivity index (χ1n) is 7.83. The van der Waals surface area contributed by atoms with E-state index in [1.807, 2.05) is 13.0 Å². The maximum Gasteiger partial charge on any atom is 0.268 e. The van der Waals surface area contributed by atoms with Crippen LogP contribution in [-0.2, 0) is 0 Å². The van der Waals surface area contributed by atoms with Gasteiger partial charge in [-0.3, -0.25) is 4.79 Å². The predicted octanol–water partition coefficient (Wildman–Crippen LogP) is 3.82. The van der Waals surface area contributed by atoms with Crippen LogP contribution in [-0.4, -0.2) is 25.1 Å². The van der Waals surface area contributed by atoms with E-state index in [4.69, 9.17) is 9.47 Å². The van der Waals surface area contributed by atoms with E-state index in [9.17, 15) is 9.18 Å². The number of carbonyl (C=O) groups excluding carboxylic acids is 1. The summed E-state index contributed by atoms with van der Waals surface area (Å²) in [7, 11) is 3.14. The van der Waals surface area contributed by atoms with Gasteiger partial charge in [0.2, 0.25) is 0 Å². The summed E-state index contributed by atoms with van der Waals surface area (Å²) < 4.78 is 24.3. The summed E-state index contributed by atoms with van der Waals surface area (Å²) in [6.07, 6.45) is 0. The molecular weight excluding hydrogens is 323 g/mol. The van der Waals surface area contributed by atoms with Gasteiger partial charge in [-0.1, -0.05) is 6.07 Å². The molecule has 1 heterocycles. The Balaban J connectivity index is 1.83. The summed E-state index contributed by atoms with van der Waals surface area (Å²) in [5, 5.41) is 3.28. The summed E-state index contributed by atoms with van der Waals surface area (Å²) in [5.74, 6) is 0.610. The van der Waals surface area contributed by atoms with Crippen molar-refractivity contribution in [2.45, 2.75) is 13.0 Å². The van der Waals surface area contributed by atoms with E-state index in [-0.39, 0.29) is 17.8 Å². The minimum Gasteiger partial charge on any atom is -0.497 e. The van der Waals surface area contributed by atoms with Gasteiger partial charge < -0.3 is 19.8 Å². The van der Waals surface area contributed by atoms with Crippen LogP contribution in [0.25, 0.3) is 10.9 Å². The van der Waals surface area contributed by atoms with Gasteiger partial charge in [0.1, 0.15) is 23.0 Å². The van der Waals surface area contributed by atoms with E-state index in [1.54, 1.807) is 38.5 Å². The number of hydrogen-bond acceptors (Lipinski definition) is 3. The molecular formula is C19H19FN2O3. The monoisotopic (exact) mass is 342 g/mol. The fraction of sp³-hybridized carbons (Fsp3) is 0.211. The van der Waals surface area contributed by atoms with Crippen LogP contribution in [0.5, 0.6) is 11.5 Å². The maximum absolute atomic E-state index is 13.8. The first kappa shape index (κ1) is 16.8. The highest BCUT2D eigenvalue weighted by Crippen LogP contribution is 2.29. The van der Waals surface area contributed by atoms with Crippen molar-refractivity contribution in [2.75, 3.05) is 14.2 Å². The first-order valence-corrected chi connectivity index (χ1v) is 7.83. The molecule has 0 spiro atoms. The molecule has 1 amide bonds. The second-order valence-corrected chi connectivity index (χ2v) is 5.69. The third-order valence-corrected chi connectivity index (χ3v) is 4.11. The van der Waals surface area contributed by atoms with E-state index in [0.717, 1.165) is 5.56 Å². The fourth-order valence-corrected chi connectivity index (χ4v) is 2.77. The number of benzene rings is 2. The number of rotatable bonds is 5. The van der Waals surface area contributed by atoms with Gasteiger partial charge in [0, 0.05) is 22.5 Å². The van der Waals surface area contributed by atoms with Crippen LogP contribution in [0.2, 0.25) is 0 Å². The lowest BCUT2D eigenvalue weighted by molar-refractivity contribution is 0.0935. The molecule has 3 rings (SSSR count). The Kier molecular flexibility index (Phi) is 4.61. The molecule has 0 bridgehead atoms. The highest BCUT2D eigenvalue weighted by molar-refractivity contribution is 5.98. The lowest BCUT2D eigenvalue weighted by Crippen LogP contribution is -2.27. The molecule has 5 nitrogen and oxygen atoms in total. The van der Waals surface area contributed by atoms with Crippen molar-refractivity contribution in [3.63, 3.8) is 0 Å². The van der Waals surface area contributed by atoms with Gasteiger partial charge >= 0.3 is 0 Å². The van der Waals surface area contributed by atoms with Crippen LogP contribution < -0.4 is 14.8 Å². The number of hydrogen-bond donors (Lipinski definition) is 2. The summed E-state index contributed by atoms with van der Waals surface area (Å²) in [6, 6.07) is 11.3. The number of halogens is 1. The molecule has 3 aromatic rings. The topological polar surface area (TPSA) is 63.3 Å². The Morgan fingerprint density at radius 3 is 2.64 bits per heavy atom. The van der Waals surface area contributed by atoms with E-state index in [0.29, 0.717) is 28.1 Å². The van der Waals surface area contributed by atoms with Crippen LogP contribution >= 0.6 is 0 Å². The lowest BCUT2D eigenvalue weighted by atomic mass is 10.1. The van der Waals surface area contributed by atoms with Gasteiger partial charge in [-0.15, -0.1) is 0 Å². The van der Waals surface area contributed by atoms with Gasteiger partial charge in [0.25, 0.3) is 5.91 Å². The summed E-state index contributed by atoms with van der Waals surface area (Å²) in [4.78, 5) is 15.4. The molecule has 0 saturated heterocycles. The third-order valence-electron chi connectivity index (χ3n) is 4.11. The smallest absolute Gasteiger partial charge is 0.268 e. The summed E-state index contributed by atoms with van der Waals surface area (Å²) in [6.45, 7) is 1.85. The second kappa shape index (κ2) is 6.84. The Morgan fingerprint density at radius 1 is 1.16 bits per heavy atom. The van der Waals surface area contributed by atoms with Crippen LogP contribution in [0, 0.1) is 5.82 Å². The highest BCUT2D eigenvalue weighted by Gasteiger charge is 2.18. The summed E-state index contributed by atoms with van der Waals surface area (Å²) in [5.41, 5.74) is 1.71. The molecule has 0 saturated carbocycles. The lowest BCUT2D eigenvalue weighted by Gasteiger charge is -2.17. The van der Waals surface area contributed by atoms with Crippen LogP contribution in [0.4, 0.5) is 4.39 Å². The molecule has 6 heteroatoms. The zero-order chi connectivity index (χ0) is 18.0. The molecule has 1 atom stereocenters. The molecule has 25 heavy (non-hydrogen) atoms. The number of methoxy groups -OCH3 is 2. The van der Waals surface area contributed by atoms with Crippen molar-refractivity contribution in [1.82, 2.24) is 10.3 Å². The highest BCUT2D eigenvalue weighted by atomic mass is 19.1. The molecule has 1 unspecified atom stereocenters. The standard InChI is InChI=1S/C19H19FN2O3/c1-11(13-8-7-12(24-2)9-18(13)25-3)21-19(23)17-10-14-15(20)5-4-6-16(14)22-17/h4-11,22H,1-3H3,(H,21,23). The van der Waals surface area contributed by atoms with Crippen molar-refractivity contribution in [3.05, 3.63) is 59.5 Å². The third kappa shape index (κ3) is 3.28. The van der Waals surface area contributed by atoms with Crippen LogP contribution in [0.15, 0.2) is 42.5 Å². The van der Waals surface area contributed by atoms with Crippen LogP contribution in [0.3, 0.4) is 0 Å². The fourth-order valence-electron chi connectivity index (χ4n) is 2.77. The van der Waals surface area contributed by atoms with Crippen molar-refractivity contribution in [1.29, 1.82) is 0 Å². The maximum atomic E-state index is 13.8. The molecule has 0 aliphatic carbocycles. The van der Waals surface area contributed by atoms with Gasteiger partial charge in [-0.25, -0.2) is 4.39 Å². The molecule has 0 aliphatic rings. The number of carbonyl (C=O) groups is 1. The van der Waals surface area contributed by atoms with Crippen LogP contribution in [0.1, 0.15) is 29.0 Å². The Morgan fingerprint density at radius 2 is 1.96 bits per heavy atom. The molecule has 0 aliphatic heterocycles. The number of amides is 1. The molecule has 1 aromatic heterocycles. The zero-order valence-corrected chi connectivity index (χ0v) is 14.2. The number of ether oxygens (including phenoxy) is 2. The van der Waals surface area contributed by atoms with E-state index in [2.05, 4.69) is 10.3 Å². The van der Waals surface area contributed by atoms with Crippen molar-refractivity contribution >= 4 is 16.8 Å². The quantitative estimate of drug-likeness (QED) is 0.741. The average Bonchev–Trinajstić information content (AvgIpc) is 3.07. The van der Waals surface area contributed by atoms with Crippen molar-refractivity contribution in [3.8, 4) is 11.5 Å². The number of nitrogens with one attached hydrogen (secondary N) is 2. The molecule has 0 radical (unpaired) electrons. The average molecular weight is 342 g/mol. The minimum atomic E-state index is -0.363. The van der Waals surface area contributed by atoms with Crippen molar-refractivity contribution in [2.24, 2.45) is 0 Å². The molecule has 0 fully saturated rings. The van der Waals surface area contributed by atoms with E-state index < -0.39 is 0 Å². The zero-order valence-electron chi connectivity index (χ0n) is 14.2. The minimum absolute atomic E-state index is 0.301. The SMILES string of the molecule is COc1ccc(C(C)NC(=O)c2cc3c(F)cccc3[nH]2)c(OC)c1. The Bertz CT molecular complexity index is 920. The molecule has 2 aromatic carbocycles. The largest absolute Gasteiger partial charge is 0.497 e. The predicted molar refractivity (Wildman–Crippen MR) is 93.7 cm³/mol. The number of aromatic amines is 1. The summed E-state index contributed by atoms with van der Waals surface area (Å²) >= 11 is 0. The number of fused-ring (bicyclic) bond motifs is 1. The molecule has 2 N–H and O–H groups in total.